The molecule has 2 bridgehead atoms. The van der Waals surface area contributed by atoms with Crippen LogP contribution in [0.3, 0.4) is 0 Å². The summed E-state index contributed by atoms with van der Waals surface area (Å²) in [6.45, 7) is 13.0. The van der Waals surface area contributed by atoms with Crippen molar-refractivity contribution in [3.8, 4) is 0 Å². The molecular weight excluding hydrogens is 427 g/mol. The van der Waals surface area contributed by atoms with E-state index < -0.39 is 0 Å². The predicted molar refractivity (Wildman–Crippen MR) is 116 cm³/mol. The molecule has 4 aliphatic rings. The minimum atomic E-state index is 0. The normalized spacial score (nSPS) is 33.0. The Hall–Kier alpha value is -0.120. The third kappa shape index (κ3) is 6.22. The monoisotopic (exact) mass is 464 g/mol. The molecule has 25 heavy (non-hydrogen) atoms. The number of piperidine rings is 1. The molecule has 4 heterocycles. The highest BCUT2D eigenvalue weighted by molar-refractivity contribution is 14.0. The molecule has 146 valence electrons. The molecule has 2 N–H and O–H groups in total. The van der Waals surface area contributed by atoms with Crippen molar-refractivity contribution in [3.05, 3.63) is 0 Å². The first-order valence-electron chi connectivity index (χ1n) is 9.91. The van der Waals surface area contributed by atoms with Gasteiger partial charge in [-0.3, -0.25) is 14.8 Å². The summed E-state index contributed by atoms with van der Waals surface area (Å²) in [6, 6.07) is 1.40. The van der Waals surface area contributed by atoms with E-state index in [2.05, 4.69) is 37.2 Å². The molecule has 6 nitrogen and oxygen atoms in total. The molecule has 4 rings (SSSR count). The maximum Gasteiger partial charge on any atom is 0.191 e. The maximum atomic E-state index is 4.38. The van der Waals surface area contributed by atoms with E-state index >= 15 is 0 Å². The van der Waals surface area contributed by atoms with Gasteiger partial charge in [0, 0.05) is 71.5 Å². The van der Waals surface area contributed by atoms with Crippen LogP contribution in [-0.2, 0) is 0 Å². The molecule has 0 amide bonds. The summed E-state index contributed by atoms with van der Waals surface area (Å²) >= 11 is 0. The van der Waals surface area contributed by atoms with Gasteiger partial charge in [0.1, 0.15) is 0 Å². The van der Waals surface area contributed by atoms with Crippen molar-refractivity contribution in [2.24, 2.45) is 4.99 Å². The average Bonchev–Trinajstić information content (AvgIpc) is 2.63. The van der Waals surface area contributed by atoms with E-state index in [-0.39, 0.29) is 24.0 Å². The number of likely N-dealkylation sites (tertiary alicyclic amines) is 1. The van der Waals surface area contributed by atoms with Crippen LogP contribution in [0.25, 0.3) is 0 Å². The number of aliphatic imine (C=N–C) groups is 1. The smallest absolute Gasteiger partial charge is 0.191 e. The SMILES string of the molecule is CN=C(NCCCN1CCCCC1C)NCC1CN2CCN1CC2.I. The standard InChI is InChI=1S/C18H36N6.HI/c1-16-6-3-4-8-23(16)9-5-7-20-18(19-2)21-14-17-15-22-10-12-24(17)13-11-22;/h16-17H,3-15H2,1-2H3,(H2,19,20,21);1H. The van der Waals surface area contributed by atoms with Gasteiger partial charge in [0.15, 0.2) is 5.96 Å². The fourth-order valence-corrected chi connectivity index (χ4v) is 4.33. The van der Waals surface area contributed by atoms with Crippen LogP contribution in [-0.4, -0.2) is 98.7 Å². The lowest BCUT2D eigenvalue weighted by molar-refractivity contribution is 0.0154. The molecule has 4 saturated heterocycles. The number of rotatable bonds is 6. The number of piperazine rings is 3. The number of hydrogen-bond donors (Lipinski definition) is 2. The molecule has 4 fully saturated rings. The van der Waals surface area contributed by atoms with E-state index in [1.807, 2.05) is 7.05 Å². The first-order valence-corrected chi connectivity index (χ1v) is 9.91. The molecule has 0 aromatic heterocycles. The van der Waals surface area contributed by atoms with Crippen molar-refractivity contribution in [2.45, 2.75) is 44.7 Å². The highest BCUT2D eigenvalue weighted by Crippen LogP contribution is 2.16. The number of halogens is 1. The van der Waals surface area contributed by atoms with Crippen molar-refractivity contribution in [1.82, 2.24) is 25.3 Å². The largest absolute Gasteiger partial charge is 0.356 e. The van der Waals surface area contributed by atoms with Crippen LogP contribution in [0.2, 0.25) is 0 Å². The summed E-state index contributed by atoms with van der Waals surface area (Å²) < 4.78 is 0. The number of hydrogen-bond acceptors (Lipinski definition) is 4. The molecule has 0 spiro atoms. The summed E-state index contributed by atoms with van der Waals surface area (Å²) in [4.78, 5) is 12.2. The molecule has 2 atom stereocenters. The van der Waals surface area contributed by atoms with Gasteiger partial charge in [-0.2, -0.15) is 0 Å². The second kappa shape index (κ2) is 10.9. The molecule has 0 aromatic carbocycles. The fraction of sp³-hybridized carbons (Fsp3) is 0.944. The van der Waals surface area contributed by atoms with Gasteiger partial charge in [-0.05, 0) is 32.7 Å². The third-order valence-corrected chi connectivity index (χ3v) is 5.98. The fourth-order valence-electron chi connectivity index (χ4n) is 4.33. The Morgan fingerprint density at radius 3 is 2.52 bits per heavy atom. The van der Waals surface area contributed by atoms with Gasteiger partial charge in [0.2, 0.25) is 0 Å². The van der Waals surface area contributed by atoms with Crippen LogP contribution in [0.4, 0.5) is 0 Å². The quantitative estimate of drug-likeness (QED) is 0.266. The topological polar surface area (TPSA) is 46.1 Å². The number of fused-ring (bicyclic) bond motifs is 3. The van der Waals surface area contributed by atoms with Crippen LogP contribution in [0.5, 0.6) is 0 Å². The average molecular weight is 464 g/mol. The predicted octanol–water partition coefficient (Wildman–Crippen LogP) is 1.03. The Kier molecular flexibility index (Phi) is 9.23. The second-order valence-corrected chi connectivity index (χ2v) is 7.60. The van der Waals surface area contributed by atoms with E-state index in [1.54, 1.807) is 0 Å². The molecule has 0 aromatic rings. The zero-order valence-electron chi connectivity index (χ0n) is 16.0. The van der Waals surface area contributed by atoms with Crippen LogP contribution >= 0.6 is 24.0 Å². The number of nitrogens with one attached hydrogen (secondary N) is 2. The van der Waals surface area contributed by atoms with Gasteiger partial charge in [-0.25, -0.2) is 0 Å². The lowest BCUT2D eigenvalue weighted by Crippen LogP contribution is -2.63. The van der Waals surface area contributed by atoms with E-state index in [4.69, 9.17) is 0 Å². The molecule has 2 unspecified atom stereocenters. The highest BCUT2D eigenvalue weighted by atomic mass is 127. The zero-order chi connectivity index (χ0) is 16.8. The van der Waals surface area contributed by atoms with E-state index in [0.717, 1.165) is 25.1 Å². The first kappa shape index (κ1) is 21.2. The van der Waals surface area contributed by atoms with Gasteiger partial charge in [0.25, 0.3) is 0 Å². The van der Waals surface area contributed by atoms with Crippen molar-refractivity contribution in [2.75, 3.05) is 66.0 Å². The minimum absolute atomic E-state index is 0. The lowest BCUT2D eigenvalue weighted by atomic mass is 10.0. The Bertz CT molecular complexity index is 410. The number of nitrogens with zero attached hydrogens (tertiary/aromatic N) is 4. The van der Waals surface area contributed by atoms with Crippen molar-refractivity contribution >= 4 is 29.9 Å². The molecule has 0 radical (unpaired) electrons. The molecular formula is C18H37IN6. The van der Waals surface area contributed by atoms with Gasteiger partial charge in [-0.1, -0.05) is 6.42 Å². The number of guanidine groups is 1. The van der Waals surface area contributed by atoms with Crippen LogP contribution < -0.4 is 10.6 Å². The summed E-state index contributed by atoms with van der Waals surface area (Å²) in [6.07, 6.45) is 5.33. The van der Waals surface area contributed by atoms with Crippen molar-refractivity contribution in [3.63, 3.8) is 0 Å². The lowest BCUT2D eigenvalue weighted by Gasteiger charge is -2.47. The zero-order valence-corrected chi connectivity index (χ0v) is 18.4. The van der Waals surface area contributed by atoms with Crippen LogP contribution in [0.1, 0.15) is 32.6 Å². The first-order chi connectivity index (χ1) is 11.8. The minimum Gasteiger partial charge on any atom is -0.356 e. The van der Waals surface area contributed by atoms with Crippen LogP contribution in [0.15, 0.2) is 4.99 Å². The highest BCUT2D eigenvalue weighted by Gasteiger charge is 2.31. The van der Waals surface area contributed by atoms with E-state index in [9.17, 15) is 0 Å². The Morgan fingerprint density at radius 2 is 1.88 bits per heavy atom. The summed E-state index contributed by atoms with van der Waals surface area (Å²) in [5.41, 5.74) is 0. The van der Waals surface area contributed by atoms with Gasteiger partial charge < -0.3 is 15.5 Å². The van der Waals surface area contributed by atoms with Crippen molar-refractivity contribution < 1.29 is 0 Å². The van der Waals surface area contributed by atoms with Gasteiger partial charge in [-0.15, -0.1) is 24.0 Å². The van der Waals surface area contributed by atoms with Gasteiger partial charge in [0.05, 0.1) is 0 Å². The van der Waals surface area contributed by atoms with E-state index in [1.165, 1.54) is 71.5 Å². The van der Waals surface area contributed by atoms with Gasteiger partial charge >= 0.3 is 0 Å². The molecule has 4 aliphatic heterocycles. The summed E-state index contributed by atoms with van der Waals surface area (Å²) in [5, 5.41) is 7.02. The third-order valence-electron chi connectivity index (χ3n) is 5.98. The molecule has 7 heteroatoms. The Balaban J connectivity index is 0.00000225. The second-order valence-electron chi connectivity index (χ2n) is 7.60. The summed E-state index contributed by atoms with van der Waals surface area (Å²) in [5.74, 6) is 0.958. The Labute approximate surface area is 170 Å². The molecule has 0 aliphatic carbocycles. The summed E-state index contributed by atoms with van der Waals surface area (Å²) in [7, 11) is 1.87. The Morgan fingerprint density at radius 1 is 1.08 bits per heavy atom. The van der Waals surface area contributed by atoms with Crippen LogP contribution in [0, 0.1) is 0 Å². The van der Waals surface area contributed by atoms with Crippen molar-refractivity contribution in [1.29, 1.82) is 0 Å². The maximum absolute atomic E-state index is 4.38. The van der Waals surface area contributed by atoms with E-state index in [0.29, 0.717) is 6.04 Å². The molecule has 0 saturated carbocycles.